The molecule has 0 N–H and O–H groups in total. The lowest BCUT2D eigenvalue weighted by atomic mass is 10.0. The third kappa shape index (κ3) is 1.97. The molecule has 0 saturated heterocycles. The average Bonchev–Trinajstić information content (AvgIpc) is 2.89. The third-order valence-corrected chi connectivity index (χ3v) is 3.21. The van der Waals surface area contributed by atoms with Crippen LogP contribution in [0.25, 0.3) is 11.1 Å². The standard InChI is InChI=1S/C15H13N5/c1-19-15(11-16)20(18-17-19)14-10-6-5-9-13(14)12-7-3-2-4-8-12/h2-10,15H,1H3. The molecule has 0 aromatic heterocycles. The number of rotatable bonds is 2. The maximum Gasteiger partial charge on any atom is 0.229 e. The van der Waals surface area contributed by atoms with Gasteiger partial charge in [-0.2, -0.15) is 5.26 Å². The Morgan fingerprint density at radius 2 is 1.70 bits per heavy atom. The lowest BCUT2D eigenvalue weighted by molar-refractivity contribution is 0.335. The van der Waals surface area contributed by atoms with Crippen LogP contribution in [0.4, 0.5) is 5.69 Å². The van der Waals surface area contributed by atoms with Gasteiger partial charge in [-0.15, -0.1) is 0 Å². The maximum absolute atomic E-state index is 9.28. The Morgan fingerprint density at radius 3 is 2.45 bits per heavy atom. The van der Waals surface area contributed by atoms with E-state index in [0.717, 1.165) is 16.8 Å². The number of hydrogen-bond acceptors (Lipinski definition) is 5. The van der Waals surface area contributed by atoms with Gasteiger partial charge >= 0.3 is 0 Å². The maximum atomic E-state index is 9.28. The molecule has 1 atom stereocenters. The number of benzene rings is 2. The SMILES string of the molecule is CN1N=NN(c2ccccc2-c2ccccc2)C1C#N. The summed E-state index contributed by atoms with van der Waals surface area (Å²) >= 11 is 0. The zero-order valence-corrected chi connectivity index (χ0v) is 11.0. The molecule has 20 heavy (non-hydrogen) atoms. The Morgan fingerprint density at radius 1 is 1.00 bits per heavy atom. The van der Waals surface area contributed by atoms with Crippen LogP contribution in [0.15, 0.2) is 65.0 Å². The first-order valence-corrected chi connectivity index (χ1v) is 6.29. The van der Waals surface area contributed by atoms with Gasteiger partial charge in [0.2, 0.25) is 6.17 Å². The van der Waals surface area contributed by atoms with Crippen LogP contribution in [0.3, 0.4) is 0 Å². The molecule has 0 spiro atoms. The monoisotopic (exact) mass is 263 g/mol. The first-order valence-electron chi connectivity index (χ1n) is 6.29. The summed E-state index contributed by atoms with van der Waals surface area (Å²) in [6.45, 7) is 0. The molecule has 2 aromatic rings. The van der Waals surface area contributed by atoms with E-state index in [-0.39, 0.29) is 0 Å². The third-order valence-electron chi connectivity index (χ3n) is 3.21. The lowest BCUT2D eigenvalue weighted by Gasteiger charge is -2.22. The molecular formula is C15H13N5. The van der Waals surface area contributed by atoms with E-state index in [4.69, 9.17) is 0 Å². The summed E-state index contributed by atoms with van der Waals surface area (Å²) in [6.07, 6.45) is -0.514. The lowest BCUT2D eigenvalue weighted by Crippen LogP contribution is -2.35. The molecule has 1 heterocycles. The van der Waals surface area contributed by atoms with Crippen LogP contribution in [0, 0.1) is 11.3 Å². The number of anilines is 1. The predicted octanol–water partition coefficient (Wildman–Crippen LogP) is 3.24. The van der Waals surface area contributed by atoms with Gasteiger partial charge in [0, 0.05) is 12.6 Å². The van der Waals surface area contributed by atoms with Crippen LogP contribution >= 0.6 is 0 Å². The van der Waals surface area contributed by atoms with E-state index in [1.54, 1.807) is 17.1 Å². The van der Waals surface area contributed by atoms with Gasteiger partial charge in [0.15, 0.2) is 0 Å². The molecule has 0 saturated carbocycles. The smallest absolute Gasteiger partial charge is 0.229 e. The average molecular weight is 263 g/mol. The molecule has 0 amide bonds. The topological polar surface area (TPSA) is 55.0 Å². The summed E-state index contributed by atoms with van der Waals surface area (Å²) in [5.74, 6) is 0. The Hall–Kier alpha value is -2.87. The molecule has 5 heteroatoms. The number of para-hydroxylation sites is 1. The Bertz CT molecular complexity index is 674. The molecule has 0 aliphatic carbocycles. The first kappa shape index (κ1) is 12.2. The molecule has 2 aromatic carbocycles. The van der Waals surface area contributed by atoms with Crippen LogP contribution in [0.5, 0.6) is 0 Å². The Balaban J connectivity index is 2.08. The molecule has 98 valence electrons. The highest BCUT2D eigenvalue weighted by Gasteiger charge is 2.29. The van der Waals surface area contributed by atoms with Gasteiger partial charge in [-0.3, -0.25) is 0 Å². The minimum absolute atomic E-state index is 0.514. The second-order valence-electron chi connectivity index (χ2n) is 4.48. The van der Waals surface area contributed by atoms with Gasteiger partial charge < -0.3 is 0 Å². The van der Waals surface area contributed by atoms with Gasteiger partial charge in [-0.25, -0.2) is 10.0 Å². The number of nitrogens with zero attached hydrogens (tertiary/aromatic N) is 5. The van der Waals surface area contributed by atoms with Crippen molar-refractivity contribution in [3.05, 3.63) is 54.6 Å². The van der Waals surface area contributed by atoms with Crippen molar-refractivity contribution >= 4 is 5.69 Å². The summed E-state index contributed by atoms with van der Waals surface area (Å²) in [5.41, 5.74) is 2.99. The zero-order chi connectivity index (χ0) is 13.9. The van der Waals surface area contributed by atoms with Crippen molar-refractivity contribution in [2.75, 3.05) is 12.1 Å². The van der Waals surface area contributed by atoms with Crippen molar-refractivity contribution in [1.82, 2.24) is 5.01 Å². The van der Waals surface area contributed by atoms with Crippen molar-refractivity contribution in [3.8, 4) is 17.2 Å². The van der Waals surface area contributed by atoms with Crippen LogP contribution in [0.1, 0.15) is 0 Å². The molecule has 1 aliphatic heterocycles. The molecule has 1 unspecified atom stereocenters. The Labute approximate surface area is 117 Å². The summed E-state index contributed by atoms with van der Waals surface area (Å²) in [4.78, 5) is 0. The number of nitriles is 1. The second kappa shape index (κ2) is 5.02. The fourth-order valence-corrected chi connectivity index (χ4v) is 2.22. The highest BCUT2D eigenvalue weighted by molar-refractivity contribution is 5.78. The summed E-state index contributed by atoms with van der Waals surface area (Å²) in [5, 5.41) is 20.5. The van der Waals surface area contributed by atoms with Crippen molar-refractivity contribution in [2.45, 2.75) is 6.17 Å². The second-order valence-corrected chi connectivity index (χ2v) is 4.48. The molecule has 1 aliphatic rings. The molecule has 3 rings (SSSR count). The van der Waals surface area contributed by atoms with Gasteiger partial charge in [-0.1, -0.05) is 53.8 Å². The van der Waals surface area contributed by atoms with Crippen molar-refractivity contribution in [2.24, 2.45) is 10.4 Å². The van der Waals surface area contributed by atoms with Crippen LogP contribution in [-0.2, 0) is 0 Å². The van der Waals surface area contributed by atoms with Crippen LogP contribution in [-0.4, -0.2) is 18.2 Å². The zero-order valence-electron chi connectivity index (χ0n) is 11.0. The highest BCUT2D eigenvalue weighted by Crippen LogP contribution is 2.34. The predicted molar refractivity (Wildman–Crippen MR) is 76.4 cm³/mol. The van der Waals surface area contributed by atoms with Gasteiger partial charge in [-0.05, 0) is 16.9 Å². The normalized spacial score (nSPS) is 17.3. The van der Waals surface area contributed by atoms with E-state index in [9.17, 15) is 5.26 Å². The highest BCUT2D eigenvalue weighted by atomic mass is 15.8. The minimum Gasteiger partial charge on any atom is -0.242 e. The van der Waals surface area contributed by atoms with E-state index in [1.165, 1.54) is 0 Å². The molecular weight excluding hydrogens is 250 g/mol. The minimum atomic E-state index is -0.514. The number of hydrogen-bond donors (Lipinski definition) is 0. The van der Waals surface area contributed by atoms with Crippen molar-refractivity contribution in [1.29, 1.82) is 5.26 Å². The molecule has 0 radical (unpaired) electrons. The Kier molecular flexibility index (Phi) is 3.05. The summed E-state index contributed by atoms with van der Waals surface area (Å²) in [7, 11) is 1.74. The summed E-state index contributed by atoms with van der Waals surface area (Å²) < 4.78 is 0. The molecule has 0 bridgehead atoms. The van der Waals surface area contributed by atoms with Gasteiger partial charge in [0.1, 0.15) is 6.07 Å². The fourth-order valence-electron chi connectivity index (χ4n) is 2.22. The molecule has 0 fully saturated rings. The van der Waals surface area contributed by atoms with E-state index in [2.05, 4.69) is 16.5 Å². The van der Waals surface area contributed by atoms with E-state index >= 15 is 0 Å². The van der Waals surface area contributed by atoms with Crippen molar-refractivity contribution in [3.63, 3.8) is 0 Å². The van der Waals surface area contributed by atoms with Crippen LogP contribution < -0.4 is 5.01 Å². The largest absolute Gasteiger partial charge is 0.242 e. The van der Waals surface area contributed by atoms with Gasteiger partial charge in [0.05, 0.1) is 5.69 Å². The quantitative estimate of drug-likeness (QED) is 0.835. The van der Waals surface area contributed by atoms with E-state index in [0.29, 0.717) is 0 Å². The van der Waals surface area contributed by atoms with E-state index < -0.39 is 6.17 Å². The molecule has 5 nitrogen and oxygen atoms in total. The first-order chi connectivity index (χ1) is 9.81. The van der Waals surface area contributed by atoms with Gasteiger partial charge in [0.25, 0.3) is 0 Å². The fraction of sp³-hybridized carbons (Fsp3) is 0.133. The van der Waals surface area contributed by atoms with Crippen molar-refractivity contribution < 1.29 is 0 Å². The van der Waals surface area contributed by atoms with E-state index in [1.807, 2.05) is 54.6 Å². The summed E-state index contributed by atoms with van der Waals surface area (Å²) in [6, 6.07) is 20.1. The van der Waals surface area contributed by atoms with Crippen LogP contribution in [0.2, 0.25) is 0 Å².